The molecule has 2 aromatic rings. The van der Waals surface area contributed by atoms with Gasteiger partial charge in [0.2, 0.25) is 15.9 Å². The number of amides is 1. The van der Waals surface area contributed by atoms with Crippen molar-refractivity contribution in [2.75, 3.05) is 11.9 Å². The summed E-state index contributed by atoms with van der Waals surface area (Å²) in [5.74, 6) is -0.224. The molecule has 1 aliphatic heterocycles. The molecule has 3 rings (SSSR count). The van der Waals surface area contributed by atoms with Gasteiger partial charge in [-0.05, 0) is 37.1 Å². The van der Waals surface area contributed by atoms with Gasteiger partial charge < -0.3 is 5.32 Å². The highest BCUT2D eigenvalue weighted by Crippen LogP contribution is 2.28. The SMILES string of the molecule is O=C(CC1CCCCN1S(=O)(=O)c1ccc(Cl)cc1)Nc1nccs1. The number of hydrogen-bond donors (Lipinski definition) is 1. The van der Waals surface area contributed by atoms with E-state index < -0.39 is 10.0 Å². The van der Waals surface area contributed by atoms with Gasteiger partial charge >= 0.3 is 0 Å². The van der Waals surface area contributed by atoms with Gasteiger partial charge in [0, 0.05) is 35.6 Å². The molecule has 6 nitrogen and oxygen atoms in total. The zero-order valence-electron chi connectivity index (χ0n) is 13.4. The standard InChI is InChI=1S/C16H18ClN3O3S2/c17-12-4-6-14(7-5-12)25(22,23)20-9-2-1-3-13(20)11-15(21)19-16-18-8-10-24-16/h4-8,10,13H,1-3,9,11H2,(H,18,19,21). The Bertz CT molecular complexity index is 823. The maximum Gasteiger partial charge on any atom is 0.243 e. The predicted octanol–water partition coefficient (Wildman–Crippen LogP) is 3.37. The number of nitrogens with zero attached hydrogens (tertiary/aromatic N) is 2. The fourth-order valence-electron chi connectivity index (χ4n) is 2.91. The summed E-state index contributed by atoms with van der Waals surface area (Å²) in [7, 11) is -3.65. The summed E-state index contributed by atoms with van der Waals surface area (Å²) in [6.07, 6.45) is 4.09. The van der Waals surface area contributed by atoms with Crippen molar-refractivity contribution >= 4 is 44.0 Å². The van der Waals surface area contributed by atoms with E-state index >= 15 is 0 Å². The minimum Gasteiger partial charge on any atom is -0.302 e. The lowest BCUT2D eigenvalue weighted by molar-refractivity contribution is -0.117. The molecule has 9 heteroatoms. The Kier molecular flexibility index (Phi) is 5.73. The summed E-state index contributed by atoms with van der Waals surface area (Å²) >= 11 is 7.18. The van der Waals surface area contributed by atoms with E-state index in [2.05, 4.69) is 10.3 Å². The number of hydrogen-bond acceptors (Lipinski definition) is 5. The van der Waals surface area contributed by atoms with Crippen molar-refractivity contribution < 1.29 is 13.2 Å². The molecule has 1 aliphatic rings. The Labute approximate surface area is 155 Å². The van der Waals surface area contributed by atoms with Crippen LogP contribution in [0.1, 0.15) is 25.7 Å². The Morgan fingerprint density at radius 2 is 2.08 bits per heavy atom. The van der Waals surface area contributed by atoms with Crippen molar-refractivity contribution in [3.8, 4) is 0 Å². The van der Waals surface area contributed by atoms with Crippen LogP contribution < -0.4 is 5.32 Å². The van der Waals surface area contributed by atoms with Gasteiger partial charge in [0.15, 0.2) is 5.13 Å². The van der Waals surface area contributed by atoms with E-state index in [1.807, 2.05) is 0 Å². The lowest BCUT2D eigenvalue weighted by atomic mass is 10.0. The summed E-state index contributed by atoms with van der Waals surface area (Å²) < 4.78 is 27.3. The molecule has 1 atom stereocenters. The van der Waals surface area contributed by atoms with Gasteiger partial charge in [-0.1, -0.05) is 18.0 Å². The van der Waals surface area contributed by atoms with E-state index in [4.69, 9.17) is 11.6 Å². The van der Waals surface area contributed by atoms with Crippen molar-refractivity contribution in [1.82, 2.24) is 9.29 Å². The van der Waals surface area contributed by atoms with Crippen molar-refractivity contribution in [2.45, 2.75) is 36.6 Å². The monoisotopic (exact) mass is 399 g/mol. The first-order chi connectivity index (χ1) is 12.0. The Hall–Kier alpha value is -1.48. The molecule has 0 bridgehead atoms. The summed E-state index contributed by atoms with van der Waals surface area (Å²) in [6.45, 7) is 0.417. The average Bonchev–Trinajstić information content (AvgIpc) is 3.08. The summed E-state index contributed by atoms with van der Waals surface area (Å²) in [5, 5.41) is 5.49. The Morgan fingerprint density at radius 3 is 2.76 bits per heavy atom. The van der Waals surface area contributed by atoms with E-state index in [1.54, 1.807) is 23.7 Å². The first-order valence-electron chi connectivity index (χ1n) is 7.93. The quantitative estimate of drug-likeness (QED) is 0.835. The van der Waals surface area contributed by atoms with Gasteiger partial charge in [0.05, 0.1) is 4.90 Å². The van der Waals surface area contributed by atoms with Crippen molar-refractivity contribution in [3.05, 3.63) is 40.9 Å². The van der Waals surface area contributed by atoms with Crippen LogP contribution in [0.2, 0.25) is 5.02 Å². The molecule has 0 aliphatic carbocycles. The van der Waals surface area contributed by atoms with Crippen LogP contribution in [0.25, 0.3) is 0 Å². The fourth-order valence-corrected chi connectivity index (χ4v) is 5.27. The molecular formula is C16H18ClN3O3S2. The number of sulfonamides is 1. The summed E-state index contributed by atoms with van der Waals surface area (Å²) in [4.78, 5) is 16.5. The minimum atomic E-state index is -3.65. The van der Waals surface area contributed by atoms with Crippen molar-refractivity contribution in [3.63, 3.8) is 0 Å². The largest absolute Gasteiger partial charge is 0.302 e. The normalized spacial score (nSPS) is 18.8. The van der Waals surface area contributed by atoms with Gasteiger partial charge in [-0.15, -0.1) is 11.3 Å². The third-order valence-electron chi connectivity index (χ3n) is 4.09. The molecule has 2 heterocycles. The second-order valence-electron chi connectivity index (χ2n) is 5.81. The Morgan fingerprint density at radius 1 is 1.32 bits per heavy atom. The lowest BCUT2D eigenvalue weighted by Gasteiger charge is -2.34. The van der Waals surface area contributed by atoms with Crippen LogP contribution in [-0.4, -0.2) is 36.2 Å². The smallest absolute Gasteiger partial charge is 0.243 e. The number of rotatable bonds is 5. The number of benzene rings is 1. The highest BCUT2D eigenvalue weighted by atomic mass is 35.5. The third kappa shape index (κ3) is 4.38. The van der Waals surface area contributed by atoms with E-state index in [1.165, 1.54) is 27.8 Å². The average molecular weight is 400 g/mol. The number of thiazole rings is 1. The van der Waals surface area contributed by atoms with Gasteiger partial charge in [-0.25, -0.2) is 13.4 Å². The van der Waals surface area contributed by atoms with Crippen molar-refractivity contribution in [1.29, 1.82) is 0 Å². The maximum absolute atomic E-state index is 12.9. The molecule has 0 saturated carbocycles. The van der Waals surface area contributed by atoms with E-state index in [0.29, 0.717) is 23.1 Å². The zero-order chi connectivity index (χ0) is 17.9. The first-order valence-corrected chi connectivity index (χ1v) is 10.6. The summed E-state index contributed by atoms with van der Waals surface area (Å²) in [5.41, 5.74) is 0. The van der Waals surface area contributed by atoms with Gasteiger partial charge in [0.1, 0.15) is 0 Å². The van der Waals surface area contributed by atoms with Crippen LogP contribution >= 0.6 is 22.9 Å². The number of carbonyl (C=O) groups excluding carboxylic acids is 1. The molecule has 25 heavy (non-hydrogen) atoms. The van der Waals surface area contributed by atoms with Gasteiger partial charge in [-0.3, -0.25) is 4.79 Å². The number of carbonyl (C=O) groups is 1. The van der Waals surface area contributed by atoms with Crippen LogP contribution in [0.5, 0.6) is 0 Å². The maximum atomic E-state index is 12.9. The topological polar surface area (TPSA) is 79.4 Å². The number of anilines is 1. The van der Waals surface area contributed by atoms with Crippen LogP contribution in [0.4, 0.5) is 5.13 Å². The summed E-state index contributed by atoms with van der Waals surface area (Å²) in [6, 6.07) is 5.76. The molecule has 1 saturated heterocycles. The van der Waals surface area contributed by atoms with Crippen molar-refractivity contribution in [2.24, 2.45) is 0 Å². The number of aromatic nitrogens is 1. The number of halogens is 1. The molecule has 1 fully saturated rings. The molecule has 1 unspecified atom stereocenters. The molecular weight excluding hydrogens is 382 g/mol. The second kappa shape index (κ2) is 7.82. The number of piperidine rings is 1. The molecule has 0 spiro atoms. The van der Waals surface area contributed by atoms with Crippen LogP contribution in [0.15, 0.2) is 40.7 Å². The van der Waals surface area contributed by atoms with Gasteiger partial charge in [0.25, 0.3) is 0 Å². The first kappa shape index (κ1) is 18.3. The molecule has 1 amide bonds. The molecule has 1 aromatic carbocycles. The fraction of sp³-hybridized carbons (Fsp3) is 0.375. The zero-order valence-corrected chi connectivity index (χ0v) is 15.8. The van der Waals surface area contributed by atoms with E-state index in [-0.39, 0.29) is 23.3 Å². The molecule has 134 valence electrons. The minimum absolute atomic E-state index is 0.117. The van der Waals surface area contributed by atoms with Gasteiger partial charge in [-0.2, -0.15) is 4.31 Å². The highest BCUT2D eigenvalue weighted by Gasteiger charge is 2.34. The third-order valence-corrected chi connectivity index (χ3v) is 7.00. The van der Waals surface area contributed by atoms with Crippen LogP contribution in [0.3, 0.4) is 0 Å². The number of nitrogens with one attached hydrogen (secondary N) is 1. The van der Waals surface area contributed by atoms with Crippen LogP contribution in [-0.2, 0) is 14.8 Å². The van der Waals surface area contributed by atoms with E-state index in [9.17, 15) is 13.2 Å². The molecule has 1 N–H and O–H groups in total. The lowest BCUT2D eigenvalue weighted by Crippen LogP contribution is -2.45. The predicted molar refractivity (Wildman–Crippen MR) is 98.3 cm³/mol. The van der Waals surface area contributed by atoms with Crippen LogP contribution in [0, 0.1) is 0 Å². The van der Waals surface area contributed by atoms with E-state index in [0.717, 1.165) is 12.8 Å². The second-order valence-corrected chi connectivity index (χ2v) is 9.03. The highest BCUT2D eigenvalue weighted by molar-refractivity contribution is 7.89. The Balaban J connectivity index is 1.76. The molecule has 1 aromatic heterocycles. The molecule has 0 radical (unpaired) electrons.